The molecule has 1 N–H and O–H groups in total. The zero-order valence-electron chi connectivity index (χ0n) is 8.98. The molecule has 1 aromatic carbocycles. The number of aryl methyl sites for hydroxylation is 1. The molecule has 2 rings (SSSR count). The predicted octanol–water partition coefficient (Wildman–Crippen LogP) is 3.52. The molecule has 0 aliphatic rings. The van der Waals surface area contributed by atoms with Gasteiger partial charge >= 0.3 is 0 Å². The summed E-state index contributed by atoms with van der Waals surface area (Å²) in [7, 11) is 0. The Kier molecular flexibility index (Phi) is 3.32. The van der Waals surface area contributed by atoms with E-state index in [4.69, 9.17) is 16.0 Å². The van der Waals surface area contributed by atoms with E-state index < -0.39 is 6.10 Å². The third-order valence-electron chi connectivity index (χ3n) is 2.55. The minimum absolute atomic E-state index is 0.264. The number of halogens is 1. The minimum Gasteiger partial charge on any atom is -0.453 e. The summed E-state index contributed by atoms with van der Waals surface area (Å²) in [5.74, 6) is 0. The highest BCUT2D eigenvalue weighted by Gasteiger charge is 2.14. The van der Waals surface area contributed by atoms with E-state index in [9.17, 15) is 5.11 Å². The van der Waals surface area contributed by atoms with E-state index in [0.717, 1.165) is 5.56 Å². The van der Waals surface area contributed by atoms with Gasteiger partial charge in [-0.05, 0) is 30.2 Å². The largest absolute Gasteiger partial charge is 0.453 e. The SMILES string of the molecule is Cc1ccc(CC(O)c2ccoc2Cl)cc1. The lowest BCUT2D eigenvalue weighted by Crippen LogP contribution is -2.00. The number of benzene rings is 1. The normalized spacial score (nSPS) is 12.7. The Morgan fingerprint density at radius 1 is 1.25 bits per heavy atom. The average molecular weight is 237 g/mol. The maximum Gasteiger partial charge on any atom is 0.198 e. The molecule has 84 valence electrons. The molecular formula is C13H13ClO2. The second-order valence-corrected chi connectivity index (χ2v) is 4.20. The van der Waals surface area contributed by atoms with Gasteiger partial charge in [0.2, 0.25) is 0 Å². The molecule has 2 aromatic rings. The van der Waals surface area contributed by atoms with Crippen molar-refractivity contribution in [2.24, 2.45) is 0 Å². The van der Waals surface area contributed by atoms with E-state index in [2.05, 4.69) is 0 Å². The fourth-order valence-corrected chi connectivity index (χ4v) is 1.84. The summed E-state index contributed by atoms with van der Waals surface area (Å²) in [5, 5.41) is 10.2. The zero-order valence-corrected chi connectivity index (χ0v) is 9.74. The Morgan fingerprint density at radius 2 is 1.94 bits per heavy atom. The molecule has 0 bridgehead atoms. The summed E-state index contributed by atoms with van der Waals surface area (Å²) in [5.41, 5.74) is 2.93. The van der Waals surface area contributed by atoms with Crippen molar-refractivity contribution in [2.75, 3.05) is 0 Å². The molecule has 0 aliphatic heterocycles. The number of hydrogen-bond acceptors (Lipinski definition) is 2. The molecule has 0 fully saturated rings. The van der Waals surface area contributed by atoms with Gasteiger partial charge < -0.3 is 9.52 Å². The van der Waals surface area contributed by atoms with Crippen LogP contribution >= 0.6 is 11.6 Å². The van der Waals surface area contributed by atoms with Crippen LogP contribution in [0, 0.1) is 6.92 Å². The second kappa shape index (κ2) is 4.73. The van der Waals surface area contributed by atoms with Gasteiger partial charge in [0.25, 0.3) is 0 Å². The Balaban J connectivity index is 2.10. The highest BCUT2D eigenvalue weighted by Crippen LogP contribution is 2.26. The predicted molar refractivity (Wildman–Crippen MR) is 63.6 cm³/mol. The fraction of sp³-hybridized carbons (Fsp3) is 0.231. The molecule has 1 aromatic heterocycles. The van der Waals surface area contributed by atoms with Crippen molar-refractivity contribution in [3.05, 3.63) is 58.5 Å². The third kappa shape index (κ3) is 2.46. The van der Waals surface area contributed by atoms with Crippen LogP contribution in [-0.4, -0.2) is 5.11 Å². The molecule has 2 nitrogen and oxygen atoms in total. The first-order chi connectivity index (χ1) is 7.66. The maximum atomic E-state index is 9.97. The van der Waals surface area contributed by atoms with Crippen molar-refractivity contribution >= 4 is 11.6 Å². The van der Waals surface area contributed by atoms with E-state index in [1.165, 1.54) is 11.8 Å². The Hall–Kier alpha value is -1.25. The van der Waals surface area contributed by atoms with Crippen LogP contribution in [0.15, 0.2) is 41.0 Å². The van der Waals surface area contributed by atoms with Crippen LogP contribution < -0.4 is 0 Å². The molecular weight excluding hydrogens is 224 g/mol. The van der Waals surface area contributed by atoms with Gasteiger partial charge in [0, 0.05) is 12.0 Å². The second-order valence-electron chi connectivity index (χ2n) is 3.86. The summed E-state index contributed by atoms with van der Waals surface area (Å²) in [6.45, 7) is 2.03. The van der Waals surface area contributed by atoms with Crippen molar-refractivity contribution in [3.8, 4) is 0 Å². The van der Waals surface area contributed by atoms with E-state index in [1.54, 1.807) is 6.07 Å². The van der Waals surface area contributed by atoms with Gasteiger partial charge in [-0.15, -0.1) is 0 Å². The Labute approximate surface area is 99.5 Å². The molecule has 0 saturated carbocycles. The van der Waals surface area contributed by atoms with Gasteiger partial charge in [0.05, 0.1) is 12.4 Å². The van der Waals surface area contributed by atoms with Crippen LogP contribution in [0.4, 0.5) is 0 Å². The topological polar surface area (TPSA) is 33.4 Å². The van der Waals surface area contributed by atoms with E-state index in [0.29, 0.717) is 12.0 Å². The van der Waals surface area contributed by atoms with Crippen LogP contribution in [0.1, 0.15) is 22.8 Å². The average Bonchev–Trinajstić information content (AvgIpc) is 2.68. The van der Waals surface area contributed by atoms with Gasteiger partial charge in [-0.1, -0.05) is 29.8 Å². The molecule has 0 saturated heterocycles. The van der Waals surface area contributed by atoms with Crippen molar-refractivity contribution in [2.45, 2.75) is 19.4 Å². The molecule has 3 heteroatoms. The number of rotatable bonds is 3. The molecule has 1 atom stereocenters. The van der Waals surface area contributed by atoms with Crippen molar-refractivity contribution < 1.29 is 9.52 Å². The first kappa shape index (κ1) is 11.2. The van der Waals surface area contributed by atoms with Crippen LogP contribution in [0.25, 0.3) is 0 Å². The third-order valence-corrected chi connectivity index (χ3v) is 2.86. The molecule has 0 spiro atoms. The number of aliphatic hydroxyl groups excluding tert-OH is 1. The highest BCUT2D eigenvalue weighted by molar-refractivity contribution is 6.29. The van der Waals surface area contributed by atoms with Gasteiger partial charge in [-0.3, -0.25) is 0 Å². The van der Waals surface area contributed by atoms with Gasteiger partial charge in [-0.2, -0.15) is 0 Å². The zero-order chi connectivity index (χ0) is 11.5. The van der Waals surface area contributed by atoms with Crippen LogP contribution in [0.5, 0.6) is 0 Å². The van der Waals surface area contributed by atoms with Gasteiger partial charge in [0.1, 0.15) is 0 Å². The summed E-state index contributed by atoms with van der Waals surface area (Å²) in [6.07, 6.45) is 1.41. The molecule has 0 amide bonds. The number of hydrogen-bond donors (Lipinski definition) is 1. The van der Waals surface area contributed by atoms with E-state index in [1.807, 2.05) is 31.2 Å². The standard InChI is InChI=1S/C13H13ClO2/c1-9-2-4-10(5-3-9)8-12(15)11-6-7-16-13(11)14/h2-7,12,15H,8H2,1H3. The Morgan fingerprint density at radius 3 is 2.50 bits per heavy atom. The lowest BCUT2D eigenvalue weighted by molar-refractivity contribution is 0.177. The Bertz CT molecular complexity index is 459. The quantitative estimate of drug-likeness (QED) is 0.885. The van der Waals surface area contributed by atoms with Gasteiger partial charge in [-0.25, -0.2) is 0 Å². The minimum atomic E-state index is -0.617. The summed E-state index contributed by atoms with van der Waals surface area (Å²) in [4.78, 5) is 0. The van der Waals surface area contributed by atoms with E-state index in [-0.39, 0.29) is 5.22 Å². The van der Waals surface area contributed by atoms with Crippen molar-refractivity contribution in [3.63, 3.8) is 0 Å². The first-order valence-electron chi connectivity index (χ1n) is 5.13. The summed E-state index contributed by atoms with van der Waals surface area (Å²) < 4.78 is 4.95. The highest BCUT2D eigenvalue weighted by atomic mass is 35.5. The number of aliphatic hydroxyl groups is 1. The molecule has 0 aliphatic carbocycles. The van der Waals surface area contributed by atoms with E-state index >= 15 is 0 Å². The lowest BCUT2D eigenvalue weighted by Gasteiger charge is -2.09. The van der Waals surface area contributed by atoms with Crippen LogP contribution in [0.2, 0.25) is 5.22 Å². The molecule has 1 unspecified atom stereocenters. The smallest absolute Gasteiger partial charge is 0.198 e. The summed E-state index contributed by atoms with van der Waals surface area (Å²) >= 11 is 5.80. The van der Waals surface area contributed by atoms with Crippen molar-refractivity contribution in [1.82, 2.24) is 0 Å². The maximum absolute atomic E-state index is 9.97. The van der Waals surface area contributed by atoms with Crippen LogP contribution in [-0.2, 0) is 6.42 Å². The fourth-order valence-electron chi connectivity index (χ4n) is 1.60. The van der Waals surface area contributed by atoms with Crippen LogP contribution in [0.3, 0.4) is 0 Å². The molecule has 0 radical (unpaired) electrons. The lowest BCUT2D eigenvalue weighted by atomic mass is 10.0. The number of furan rings is 1. The van der Waals surface area contributed by atoms with Gasteiger partial charge in [0.15, 0.2) is 5.22 Å². The molecule has 16 heavy (non-hydrogen) atoms. The van der Waals surface area contributed by atoms with Crippen molar-refractivity contribution in [1.29, 1.82) is 0 Å². The summed E-state index contributed by atoms with van der Waals surface area (Å²) in [6, 6.07) is 9.76. The molecule has 1 heterocycles. The monoisotopic (exact) mass is 236 g/mol. The first-order valence-corrected chi connectivity index (χ1v) is 5.51.